The van der Waals surface area contributed by atoms with Gasteiger partial charge in [0.2, 0.25) is 0 Å². The van der Waals surface area contributed by atoms with E-state index in [-0.39, 0.29) is 0 Å². The highest BCUT2D eigenvalue weighted by atomic mass is 79.9. The standard InChI is InChI=1S/C21H25BrN2/c22-19-8-6-17(7-9-19)20(14-16-4-2-1-3-5-16)23-21-15-24-12-10-18(21)11-13-24/h1-9,18,20-21,23H,10-15H2/t20-,21-/m0/s1. The van der Waals surface area contributed by atoms with Gasteiger partial charge in [0.05, 0.1) is 0 Å². The molecule has 0 spiro atoms. The first kappa shape index (κ1) is 16.3. The van der Waals surface area contributed by atoms with Gasteiger partial charge in [-0.1, -0.05) is 58.4 Å². The summed E-state index contributed by atoms with van der Waals surface area (Å²) in [7, 11) is 0. The Morgan fingerprint density at radius 2 is 1.71 bits per heavy atom. The molecule has 3 aliphatic heterocycles. The summed E-state index contributed by atoms with van der Waals surface area (Å²) in [4.78, 5) is 2.62. The van der Waals surface area contributed by atoms with Crippen molar-refractivity contribution >= 4 is 15.9 Å². The van der Waals surface area contributed by atoms with Gasteiger partial charge in [0, 0.05) is 23.1 Å². The maximum absolute atomic E-state index is 4.01. The molecule has 3 heteroatoms. The molecule has 0 aliphatic carbocycles. The topological polar surface area (TPSA) is 15.3 Å². The van der Waals surface area contributed by atoms with E-state index in [1.165, 1.54) is 43.6 Å². The van der Waals surface area contributed by atoms with Crippen LogP contribution < -0.4 is 5.32 Å². The van der Waals surface area contributed by atoms with Crippen LogP contribution in [-0.4, -0.2) is 30.6 Å². The van der Waals surface area contributed by atoms with Gasteiger partial charge >= 0.3 is 0 Å². The Hall–Kier alpha value is -1.16. The molecular formula is C21H25BrN2. The molecule has 0 unspecified atom stereocenters. The number of rotatable bonds is 5. The quantitative estimate of drug-likeness (QED) is 0.820. The number of nitrogens with zero attached hydrogens (tertiary/aromatic N) is 1. The highest BCUT2D eigenvalue weighted by Gasteiger charge is 2.35. The van der Waals surface area contributed by atoms with Crippen LogP contribution in [0, 0.1) is 5.92 Å². The molecule has 2 bridgehead atoms. The predicted molar refractivity (Wildman–Crippen MR) is 103 cm³/mol. The molecule has 2 aromatic rings. The van der Waals surface area contributed by atoms with E-state index in [0.717, 1.165) is 16.8 Å². The van der Waals surface area contributed by atoms with E-state index >= 15 is 0 Å². The van der Waals surface area contributed by atoms with Crippen molar-refractivity contribution in [2.45, 2.75) is 31.3 Å². The van der Waals surface area contributed by atoms with Crippen molar-refractivity contribution in [1.82, 2.24) is 10.2 Å². The second-order valence-corrected chi connectivity index (χ2v) is 8.12. The average molecular weight is 385 g/mol. The smallest absolute Gasteiger partial charge is 0.0363 e. The number of fused-ring (bicyclic) bond motifs is 3. The molecule has 1 N–H and O–H groups in total. The van der Waals surface area contributed by atoms with Crippen molar-refractivity contribution in [3.63, 3.8) is 0 Å². The lowest BCUT2D eigenvalue weighted by atomic mass is 9.83. The third kappa shape index (κ3) is 3.74. The normalized spacial score (nSPS) is 27.1. The maximum Gasteiger partial charge on any atom is 0.0363 e. The molecule has 2 nitrogen and oxygen atoms in total. The lowest BCUT2D eigenvalue weighted by Gasteiger charge is -2.46. The Bertz CT molecular complexity index is 647. The molecular weight excluding hydrogens is 360 g/mol. The summed E-state index contributed by atoms with van der Waals surface area (Å²) in [5.41, 5.74) is 2.79. The summed E-state index contributed by atoms with van der Waals surface area (Å²) in [5, 5.41) is 4.01. The van der Waals surface area contributed by atoms with E-state index in [2.05, 4.69) is 80.7 Å². The van der Waals surface area contributed by atoms with Crippen molar-refractivity contribution in [3.05, 3.63) is 70.2 Å². The molecule has 2 aromatic carbocycles. The van der Waals surface area contributed by atoms with Crippen LogP contribution in [0.5, 0.6) is 0 Å². The van der Waals surface area contributed by atoms with Crippen LogP contribution in [0.1, 0.15) is 30.0 Å². The van der Waals surface area contributed by atoms with Crippen LogP contribution in [0.3, 0.4) is 0 Å². The summed E-state index contributed by atoms with van der Waals surface area (Å²) < 4.78 is 1.15. The Morgan fingerprint density at radius 1 is 1.00 bits per heavy atom. The summed E-state index contributed by atoms with van der Waals surface area (Å²) in [6.07, 6.45) is 3.76. The molecule has 5 rings (SSSR count). The zero-order valence-electron chi connectivity index (χ0n) is 14.0. The van der Waals surface area contributed by atoms with Gasteiger partial charge in [-0.25, -0.2) is 0 Å². The molecule has 0 radical (unpaired) electrons. The van der Waals surface area contributed by atoms with Crippen LogP contribution in [0.4, 0.5) is 0 Å². The van der Waals surface area contributed by atoms with Crippen LogP contribution in [0.2, 0.25) is 0 Å². The second-order valence-electron chi connectivity index (χ2n) is 7.21. The van der Waals surface area contributed by atoms with Crippen LogP contribution in [-0.2, 0) is 6.42 Å². The van der Waals surface area contributed by atoms with E-state index in [0.29, 0.717) is 12.1 Å². The summed E-state index contributed by atoms with van der Waals surface area (Å²) in [5.74, 6) is 0.851. The first-order chi connectivity index (χ1) is 11.8. The van der Waals surface area contributed by atoms with Gasteiger partial charge in [0.1, 0.15) is 0 Å². The number of hydrogen-bond acceptors (Lipinski definition) is 2. The Morgan fingerprint density at radius 3 is 2.33 bits per heavy atom. The van der Waals surface area contributed by atoms with Gasteiger partial charge in [0.15, 0.2) is 0 Å². The molecule has 3 aliphatic rings. The molecule has 0 aromatic heterocycles. The van der Waals surface area contributed by atoms with Gasteiger partial charge in [-0.2, -0.15) is 0 Å². The molecule has 3 fully saturated rings. The monoisotopic (exact) mass is 384 g/mol. The fourth-order valence-electron chi connectivity index (χ4n) is 4.23. The SMILES string of the molecule is Brc1ccc([C@H](Cc2ccccc2)N[C@H]2CN3CCC2CC3)cc1. The average Bonchev–Trinajstić information content (AvgIpc) is 2.64. The van der Waals surface area contributed by atoms with Crippen molar-refractivity contribution in [1.29, 1.82) is 0 Å². The second kappa shape index (κ2) is 7.38. The predicted octanol–water partition coefficient (Wildman–Crippen LogP) is 4.42. The minimum Gasteiger partial charge on any atom is -0.305 e. The van der Waals surface area contributed by atoms with E-state index in [1.807, 2.05) is 0 Å². The Balaban J connectivity index is 1.54. The summed E-state index contributed by atoms with van der Waals surface area (Å²) >= 11 is 3.56. The first-order valence-corrected chi connectivity index (χ1v) is 9.85. The molecule has 126 valence electrons. The van der Waals surface area contributed by atoms with E-state index in [9.17, 15) is 0 Å². The van der Waals surface area contributed by atoms with Gasteiger partial charge in [0.25, 0.3) is 0 Å². The lowest BCUT2D eigenvalue weighted by molar-refractivity contribution is 0.0669. The van der Waals surface area contributed by atoms with Crippen molar-refractivity contribution < 1.29 is 0 Å². The Kier molecular flexibility index (Phi) is 5.02. The third-order valence-electron chi connectivity index (χ3n) is 5.63. The molecule has 24 heavy (non-hydrogen) atoms. The van der Waals surface area contributed by atoms with E-state index in [4.69, 9.17) is 0 Å². The van der Waals surface area contributed by atoms with Crippen molar-refractivity contribution in [2.24, 2.45) is 5.92 Å². The largest absolute Gasteiger partial charge is 0.305 e. The van der Waals surface area contributed by atoms with Gasteiger partial charge < -0.3 is 10.2 Å². The number of hydrogen-bond donors (Lipinski definition) is 1. The summed E-state index contributed by atoms with van der Waals surface area (Å²) in [6, 6.07) is 20.7. The lowest BCUT2D eigenvalue weighted by Crippen LogP contribution is -2.56. The van der Waals surface area contributed by atoms with E-state index in [1.54, 1.807) is 0 Å². The molecule has 3 heterocycles. The van der Waals surface area contributed by atoms with E-state index < -0.39 is 0 Å². The highest BCUT2D eigenvalue weighted by Crippen LogP contribution is 2.30. The molecule has 2 atom stereocenters. The fourth-order valence-corrected chi connectivity index (χ4v) is 4.49. The zero-order chi connectivity index (χ0) is 16.4. The van der Waals surface area contributed by atoms with Crippen LogP contribution in [0.15, 0.2) is 59.1 Å². The maximum atomic E-state index is 4.01. The van der Waals surface area contributed by atoms with Crippen molar-refractivity contribution in [3.8, 4) is 0 Å². The fraction of sp³-hybridized carbons (Fsp3) is 0.429. The van der Waals surface area contributed by atoms with Gasteiger partial charge in [-0.15, -0.1) is 0 Å². The number of halogens is 1. The third-order valence-corrected chi connectivity index (χ3v) is 6.16. The zero-order valence-corrected chi connectivity index (χ0v) is 15.6. The van der Waals surface area contributed by atoms with Crippen molar-refractivity contribution in [2.75, 3.05) is 19.6 Å². The van der Waals surface area contributed by atoms with Gasteiger partial charge in [-0.05, 0) is 61.5 Å². The minimum atomic E-state index is 0.381. The molecule has 3 saturated heterocycles. The summed E-state index contributed by atoms with van der Waals surface area (Å²) in [6.45, 7) is 3.81. The Labute approximate surface area is 153 Å². The van der Waals surface area contributed by atoms with Crippen LogP contribution in [0.25, 0.3) is 0 Å². The van der Waals surface area contributed by atoms with Crippen LogP contribution >= 0.6 is 15.9 Å². The number of piperidine rings is 3. The molecule has 0 saturated carbocycles. The highest BCUT2D eigenvalue weighted by molar-refractivity contribution is 9.10. The number of benzene rings is 2. The number of nitrogens with one attached hydrogen (secondary N) is 1. The van der Waals surface area contributed by atoms with Gasteiger partial charge in [-0.3, -0.25) is 0 Å². The minimum absolute atomic E-state index is 0.381. The molecule has 0 amide bonds. The first-order valence-electron chi connectivity index (χ1n) is 9.06.